The number of rotatable bonds is 9. The minimum atomic E-state index is 0.344. The molecule has 2 atom stereocenters. The molecule has 3 aromatic rings. The summed E-state index contributed by atoms with van der Waals surface area (Å²) in [5, 5.41) is 15.1. The number of piperidine rings is 1. The maximum absolute atomic E-state index is 5.95. The summed E-state index contributed by atoms with van der Waals surface area (Å²) >= 11 is 7.70. The van der Waals surface area contributed by atoms with Crippen molar-refractivity contribution in [2.75, 3.05) is 36.6 Å². The zero-order chi connectivity index (χ0) is 20.9. The van der Waals surface area contributed by atoms with E-state index in [4.69, 9.17) is 21.3 Å². The SMILES string of the molecule is CCOc1c(-c2cn[nH]c2)ccn2nc(NC3CCN(SCCCCl)CC3C)nc12. The van der Waals surface area contributed by atoms with E-state index >= 15 is 0 Å². The molecule has 0 bridgehead atoms. The molecule has 162 valence electrons. The van der Waals surface area contributed by atoms with Gasteiger partial charge in [0.15, 0.2) is 11.4 Å². The minimum Gasteiger partial charge on any atom is -0.489 e. The van der Waals surface area contributed by atoms with Crippen molar-refractivity contribution < 1.29 is 4.74 Å². The highest BCUT2D eigenvalue weighted by molar-refractivity contribution is 7.97. The Labute approximate surface area is 185 Å². The van der Waals surface area contributed by atoms with Gasteiger partial charge in [0.25, 0.3) is 0 Å². The third-order valence-corrected chi connectivity index (χ3v) is 6.73. The Morgan fingerprint density at radius 2 is 2.33 bits per heavy atom. The molecule has 4 rings (SSSR count). The van der Waals surface area contributed by atoms with Gasteiger partial charge in [0, 0.05) is 54.3 Å². The largest absolute Gasteiger partial charge is 0.489 e. The van der Waals surface area contributed by atoms with E-state index in [9.17, 15) is 0 Å². The highest BCUT2D eigenvalue weighted by Gasteiger charge is 2.27. The van der Waals surface area contributed by atoms with Gasteiger partial charge >= 0.3 is 0 Å². The summed E-state index contributed by atoms with van der Waals surface area (Å²) in [7, 11) is 0. The van der Waals surface area contributed by atoms with Crippen LogP contribution < -0.4 is 10.1 Å². The summed E-state index contributed by atoms with van der Waals surface area (Å²) < 4.78 is 10.2. The maximum Gasteiger partial charge on any atom is 0.243 e. The summed E-state index contributed by atoms with van der Waals surface area (Å²) in [6.45, 7) is 6.91. The second-order valence-electron chi connectivity index (χ2n) is 7.46. The Morgan fingerprint density at radius 3 is 3.07 bits per heavy atom. The maximum atomic E-state index is 5.95. The van der Waals surface area contributed by atoms with Crippen molar-refractivity contribution in [2.45, 2.75) is 32.7 Å². The third-order valence-electron chi connectivity index (χ3n) is 5.29. The molecule has 3 aromatic heterocycles. The van der Waals surface area contributed by atoms with E-state index < -0.39 is 0 Å². The van der Waals surface area contributed by atoms with Gasteiger partial charge in [0.05, 0.1) is 12.8 Å². The fraction of sp³-hybridized carbons (Fsp3) is 0.550. The molecule has 0 amide bonds. The van der Waals surface area contributed by atoms with Crippen LogP contribution in [0.2, 0.25) is 0 Å². The number of halogens is 1. The number of nitrogens with one attached hydrogen (secondary N) is 2. The monoisotopic (exact) mass is 449 g/mol. The number of anilines is 1. The molecule has 2 unspecified atom stereocenters. The van der Waals surface area contributed by atoms with Gasteiger partial charge < -0.3 is 10.1 Å². The zero-order valence-electron chi connectivity index (χ0n) is 17.3. The van der Waals surface area contributed by atoms with Crippen LogP contribution in [0.1, 0.15) is 26.7 Å². The lowest BCUT2D eigenvalue weighted by molar-refractivity contribution is 0.278. The molecular weight excluding hydrogens is 422 g/mol. The molecular formula is C20H28ClN7OS. The number of fused-ring (bicyclic) bond motifs is 1. The summed E-state index contributed by atoms with van der Waals surface area (Å²) in [6, 6.07) is 2.33. The first kappa shape index (κ1) is 21.3. The van der Waals surface area contributed by atoms with Crippen LogP contribution in [0.15, 0.2) is 24.7 Å². The Kier molecular flexibility index (Phi) is 7.01. The van der Waals surface area contributed by atoms with Crippen LogP contribution >= 0.6 is 23.5 Å². The Hall–Kier alpha value is -1.97. The molecule has 0 spiro atoms. The second-order valence-corrected chi connectivity index (χ2v) is 9.02. The highest BCUT2D eigenvalue weighted by atomic mass is 35.5. The number of ether oxygens (including phenoxy) is 1. The number of aromatic amines is 1. The van der Waals surface area contributed by atoms with E-state index in [0.29, 0.717) is 30.2 Å². The number of H-pyrrole nitrogens is 1. The molecule has 0 aromatic carbocycles. The van der Waals surface area contributed by atoms with E-state index in [1.807, 2.05) is 37.3 Å². The quantitative estimate of drug-likeness (QED) is 0.291. The predicted octanol–water partition coefficient (Wildman–Crippen LogP) is 3.92. The molecule has 4 heterocycles. The van der Waals surface area contributed by atoms with Crippen molar-refractivity contribution in [1.82, 2.24) is 29.1 Å². The van der Waals surface area contributed by atoms with Crippen molar-refractivity contribution in [3.05, 3.63) is 24.7 Å². The van der Waals surface area contributed by atoms with Crippen LogP contribution in [0.25, 0.3) is 16.8 Å². The fourth-order valence-corrected chi connectivity index (χ4v) is 5.15. The van der Waals surface area contributed by atoms with Crippen LogP contribution in [0, 0.1) is 5.92 Å². The van der Waals surface area contributed by atoms with Gasteiger partial charge in [-0.1, -0.05) is 18.9 Å². The first-order valence-electron chi connectivity index (χ1n) is 10.4. The molecule has 1 aliphatic heterocycles. The first-order valence-corrected chi connectivity index (χ1v) is 11.9. The van der Waals surface area contributed by atoms with Crippen molar-refractivity contribution in [3.8, 4) is 16.9 Å². The lowest BCUT2D eigenvalue weighted by Crippen LogP contribution is -2.42. The second kappa shape index (κ2) is 9.89. The van der Waals surface area contributed by atoms with Crippen molar-refractivity contribution in [1.29, 1.82) is 0 Å². The van der Waals surface area contributed by atoms with Gasteiger partial charge in [-0.05, 0) is 31.7 Å². The summed E-state index contributed by atoms with van der Waals surface area (Å²) in [5.74, 6) is 3.68. The van der Waals surface area contributed by atoms with Gasteiger partial charge in [-0.2, -0.15) is 10.1 Å². The summed E-state index contributed by atoms with van der Waals surface area (Å²) in [5.41, 5.74) is 2.62. The standard InChI is InChI=1S/C20H28ClN7OS/c1-3-29-18-16(15-11-22-23-12-15)5-9-28-19(18)25-20(26-28)24-17-6-8-27(13-14(17)2)30-10-4-7-21/h5,9,11-12,14,17H,3-4,6-8,10,13H2,1-2H3,(H,22,23)(H,24,26). The zero-order valence-corrected chi connectivity index (χ0v) is 18.9. The van der Waals surface area contributed by atoms with Crippen LogP contribution in [-0.2, 0) is 0 Å². The van der Waals surface area contributed by atoms with Gasteiger partial charge in [0.2, 0.25) is 5.95 Å². The van der Waals surface area contributed by atoms with Crippen LogP contribution in [0.5, 0.6) is 5.75 Å². The molecule has 30 heavy (non-hydrogen) atoms. The number of hydrogen-bond acceptors (Lipinski definition) is 7. The van der Waals surface area contributed by atoms with E-state index in [-0.39, 0.29) is 0 Å². The predicted molar refractivity (Wildman–Crippen MR) is 122 cm³/mol. The third kappa shape index (κ3) is 4.68. The van der Waals surface area contributed by atoms with Crippen LogP contribution in [0.4, 0.5) is 5.95 Å². The number of aromatic nitrogens is 5. The van der Waals surface area contributed by atoms with Crippen LogP contribution in [0.3, 0.4) is 0 Å². The number of pyridine rings is 1. The number of hydrogen-bond donors (Lipinski definition) is 2. The lowest BCUT2D eigenvalue weighted by Gasteiger charge is -2.36. The average Bonchev–Trinajstić information content (AvgIpc) is 3.40. The summed E-state index contributed by atoms with van der Waals surface area (Å²) in [4.78, 5) is 4.76. The Morgan fingerprint density at radius 1 is 1.43 bits per heavy atom. The fourth-order valence-electron chi connectivity index (χ4n) is 3.75. The molecule has 0 radical (unpaired) electrons. The Bertz CT molecular complexity index is 948. The van der Waals surface area contributed by atoms with Crippen molar-refractivity contribution in [3.63, 3.8) is 0 Å². The molecule has 1 fully saturated rings. The van der Waals surface area contributed by atoms with Gasteiger partial charge in [-0.25, -0.2) is 4.52 Å². The topological polar surface area (TPSA) is 83.4 Å². The van der Waals surface area contributed by atoms with E-state index in [2.05, 4.69) is 31.8 Å². The molecule has 1 aliphatic rings. The number of alkyl halides is 1. The number of nitrogens with zero attached hydrogens (tertiary/aromatic N) is 5. The lowest BCUT2D eigenvalue weighted by atomic mass is 9.95. The molecule has 2 N–H and O–H groups in total. The van der Waals surface area contributed by atoms with Crippen molar-refractivity contribution >= 4 is 35.1 Å². The van der Waals surface area contributed by atoms with Gasteiger partial charge in [-0.15, -0.1) is 16.7 Å². The van der Waals surface area contributed by atoms with Gasteiger partial charge in [-0.3, -0.25) is 9.40 Å². The van der Waals surface area contributed by atoms with E-state index in [1.54, 1.807) is 10.7 Å². The average molecular weight is 450 g/mol. The van der Waals surface area contributed by atoms with E-state index in [1.165, 1.54) is 0 Å². The summed E-state index contributed by atoms with van der Waals surface area (Å²) in [6.07, 6.45) is 7.66. The Balaban J connectivity index is 1.49. The highest BCUT2D eigenvalue weighted by Crippen LogP contribution is 2.33. The first-order chi connectivity index (χ1) is 14.7. The smallest absolute Gasteiger partial charge is 0.243 e. The molecule has 1 saturated heterocycles. The molecule has 0 saturated carbocycles. The van der Waals surface area contributed by atoms with E-state index in [0.717, 1.165) is 54.4 Å². The van der Waals surface area contributed by atoms with Crippen molar-refractivity contribution in [2.24, 2.45) is 5.92 Å². The van der Waals surface area contributed by atoms with Crippen LogP contribution in [-0.4, -0.2) is 66.5 Å². The normalized spacial score (nSPS) is 20.0. The molecule has 10 heteroatoms. The molecule has 8 nitrogen and oxygen atoms in total. The molecule has 0 aliphatic carbocycles. The minimum absolute atomic E-state index is 0.344. The van der Waals surface area contributed by atoms with Gasteiger partial charge in [0.1, 0.15) is 0 Å².